The molecule has 27 heavy (non-hydrogen) atoms. The van der Waals surface area contributed by atoms with Crippen molar-refractivity contribution < 1.29 is 4.79 Å². The van der Waals surface area contributed by atoms with Crippen LogP contribution in [0.5, 0.6) is 0 Å². The van der Waals surface area contributed by atoms with Gasteiger partial charge in [0.2, 0.25) is 0 Å². The number of aryl methyl sites for hydroxylation is 2. The average Bonchev–Trinajstić information content (AvgIpc) is 3.00. The Kier molecular flexibility index (Phi) is 4.70. The molecule has 1 aromatic carbocycles. The van der Waals surface area contributed by atoms with E-state index in [1.54, 1.807) is 16.9 Å². The summed E-state index contributed by atoms with van der Waals surface area (Å²) < 4.78 is 1.71. The average molecular weight is 385 g/mol. The van der Waals surface area contributed by atoms with Gasteiger partial charge in [0.1, 0.15) is 11.5 Å². The molecule has 8 heteroatoms. The molecule has 7 nitrogen and oxygen atoms in total. The molecule has 0 spiro atoms. The fourth-order valence-electron chi connectivity index (χ4n) is 3.36. The molecular weight excluding hydrogens is 364 g/mol. The number of carbonyl (C=O) groups is 1. The molecule has 3 heterocycles. The van der Waals surface area contributed by atoms with Crippen molar-refractivity contribution in [2.24, 2.45) is 7.05 Å². The molecule has 1 fully saturated rings. The minimum atomic E-state index is -0.134. The summed E-state index contributed by atoms with van der Waals surface area (Å²) in [5.41, 5.74) is 3.00. The number of carbonyl (C=O) groups excluding carboxylic acids is 1. The molecule has 1 atom stereocenters. The highest BCUT2D eigenvalue weighted by Gasteiger charge is 2.24. The van der Waals surface area contributed by atoms with Gasteiger partial charge in [-0.25, -0.2) is 4.98 Å². The monoisotopic (exact) mass is 384 g/mol. The lowest BCUT2D eigenvalue weighted by atomic mass is 10.1. The zero-order chi connectivity index (χ0) is 19.0. The standard InChI is InChI=1S/C19H21ClN6O/c1-12-8-17(24-25(12)2)19(27)22-14-4-3-7-26(11-14)18-10-21-16-9-13(20)5-6-15(16)23-18/h5-6,8-10,14H,3-4,7,11H2,1-2H3,(H,22,27). The summed E-state index contributed by atoms with van der Waals surface area (Å²) in [4.78, 5) is 23.8. The van der Waals surface area contributed by atoms with Crippen LogP contribution in [-0.4, -0.2) is 44.8 Å². The van der Waals surface area contributed by atoms with Gasteiger partial charge >= 0.3 is 0 Å². The third kappa shape index (κ3) is 3.73. The summed E-state index contributed by atoms with van der Waals surface area (Å²) in [5, 5.41) is 8.00. The first-order valence-electron chi connectivity index (χ1n) is 8.98. The molecule has 140 valence electrons. The van der Waals surface area contributed by atoms with Crippen LogP contribution in [-0.2, 0) is 7.05 Å². The van der Waals surface area contributed by atoms with Crippen molar-refractivity contribution in [3.05, 3.63) is 46.9 Å². The van der Waals surface area contributed by atoms with Crippen LogP contribution in [0.25, 0.3) is 11.0 Å². The van der Waals surface area contributed by atoms with Crippen LogP contribution in [0.15, 0.2) is 30.5 Å². The third-order valence-corrected chi connectivity index (χ3v) is 5.15. The Bertz CT molecular complexity index is 982. The molecule has 2 aromatic heterocycles. The number of benzene rings is 1. The van der Waals surface area contributed by atoms with E-state index in [1.807, 2.05) is 32.2 Å². The molecule has 1 unspecified atom stereocenters. The van der Waals surface area contributed by atoms with Gasteiger partial charge in [0.25, 0.3) is 5.91 Å². The Labute approximate surface area is 162 Å². The second-order valence-electron chi connectivity index (χ2n) is 6.91. The van der Waals surface area contributed by atoms with E-state index in [9.17, 15) is 4.79 Å². The lowest BCUT2D eigenvalue weighted by molar-refractivity contribution is 0.0927. The Morgan fingerprint density at radius 2 is 2.15 bits per heavy atom. The van der Waals surface area contributed by atoms with Gasteiger partial charge in [-0.05, 0) is 44.0 Å². The number of aromatic nitrogens is 4. The van der Waals surface area contributed by atoms with Gasteiger partial charge in [-0.2, -0.15) is 5.10 Å². The van der Waals surface area contributed by atoms with Crippen molar-refractivity contribution in [2.75, 3.05) is 18.0 Å². The number of fused-ring (bicyclic) bond motifs is 1. The minimum absolute atomic E-state index is 0.0521. The van der Waals surface area contributed by atoms with E-state index < -0.39 is 0 Å². The normalized spacial score (nSPS) is 17.3. The zero-order valence-electron chi connectivity index (χ0n) is 15.3. The van der Waals surface area contributed by atoms with E-state index in [0.717, 1.165) is 41.9 Å². The first-order chi connectivity index (χ1) is 13.0. The van der Waals surface area contributed by atoms with Crippen molar-refractivity contribution in [3.63, 3.8) is 0 Å². The van der Waals surface area contributed by atoms with E-state index in [-0.39, 0.29) is 11.9 Å². The topological polar surface area (TPSA) is 75.9 Å². The molecule has 3 aromatic rings. The van der Waals surface area contributed by atoms with Crippen molar-refractivity contribution in [2.45, 2.75) is 25.8 Å². The summed E-state index contributed by atoms with van der Waals surface area (Å²) in [7, 11) is 1.83. The summed E-state index contributed by atoms with van der Waals surface area (Å²) >= 11 is 6.01. The number of halogens is 1. The van der Waals surface area contributed by atoms with Crippen molar-refractivity contribution >= 4 is 34.4 Å². The largest absolute Gasteiger partial charge is 0.353 e. The molecule has 0 aliphatic carbocycles. The molecule has 1 amide bonds. The molecule has 1 saturated heterocycles. The smallest absolute Gasteiger partial charge is 0.272 e. The van der Waals surface area contributed by atoms with E-state index in [2.05, 4.69) is 20.3 Å². The van der Waals surface area contributed by atoms with E-state index in [0.29, 0.717) is 17.3 Å². The van der Waals surface area contributed by atoms with Gasteiger partial charge in [0.05, 0.1) is 17.2 Å². The van der Waals surface area contributed by atoms with Crippen LogP contribution in [0.4, 0.5) is 5.82 Å². The van der Waals surface area contributed by atoms with Gasteiger partial charge in [-0.1, -0.05) is 11.6 Å². The van der Waals surface area contributed by atoms with Crippen LogP contribution in [0.2, 0.25) is 5.02 Å². The molecule has 0 radical (unpaired) electrons. The molecular formula is C19H21ClN6O. The first-order valence-corrected chi connectivity index (χ1v) is 9.36. The Morgan fingerprint density at radius 3 is 2.93 bits per heavy atom. The molecule has 1 aliphatic rings. The van der Waals surface area contributed by atoms with Gasteiger partial charge in [0.15, 0.2) is 0 Å². The van der Waals surface area contributed by atoms with Crippen LogP contribution in [0, 0.1) is 6.92 Å². The van der Waals surface area contributed by atoms with E-state index in [4.69, 9.17) is 16.6 Å². The SMILES string of the molecule is Cc1cc(C(=O)NC2CCCN(c3cnc4cc(Cl)ccc4n3)C2)nn1C. The van der Waals surface area contributed by atoms with Crippen LogP contribution >= 0.6 is 11.6 Å². The van der Waals surface area contributed by atoms with Gasteiger partial charge in [-0.3, -0.25) is 14.5 Å². The fraction of sp³-hybridized carbons (Fsp3) is 0.368. The van der Waals surface area contributed by atoms with Gasteiger partial charge < -0.3 is 10.2 Å². The van der Waals surface area contributed by atoms with E-state index >= 15 is 0 Å². The second kappa shape index (κ2) is 7.15. The van der Waals surface area contributed by atoms with Gasteiger partial charge in [0, 0.05) is 36.9 Å². The van der Waals surface area contributed by atoms with Crippen molar-refractivity contribution in [1.29, 1.82) is 0 Å². The van der Waals surface area contributed by atoms with Gasteiger partial charge in [-0.15, -0.1) is 0 Å². The highest BCUT2D eigenvalue weighted by molar-refractivity contribution is 6.31. The van der Waals surface area contributed by atoms with Crippen molar-refractivity contribution in [1.82, 2.24) is 25.1 Å². The predicted octanol–water partition coefficient (Wildman–Crippen LogP) is 2.72. The Hall–Kier alpha value is -2.67. The number of piperidine rings is 1. The van der Waals surface area contributed by atoms with Crippen molar-refractivity contribution in [3.8, 4) is 0 Å². The molecule has 4 rings (SSSR count). The van der Waals surface area contributed by atoms with Crippen LogP contribution in [0.3, 0.4) is 0 Å². The maximum atomic E-state index is 12.5. The summed E-state index contributed by atoms with van der Waals surface area (Å²) in [6.45, 7) is 3.52. The van der Waals surface area contributed by atoms with E-state index in [1.165, 1.54) is 0 Å². The number of nitrogens with one attached hydrogen (secondary N) is 1. The second-order valence-corrected chi connectivity index (χ2v) is 7.35. The number of amides is 1. The number of rotatable bonds is 3. The minimum Gasteiger partial charge on any atom is -0.353 e. The highest BCUT2D eigenvalue weighted by atomic mass is 35.5. The fourth-order valence-corrected chi connectivity index (χ4v) is 3.53. The molecule has 0 saturated carbocycles. The summed E-state index contributed by atoms with van der Waals surface area (Å²) in [6, 6.07) is 7.35. The maximum absolute atomic E-state index is 12.5. The Morgan fingerprint density at radius 1 is 1.30 bits per heavy atom. The zero-order valence-corrected chi connectivity index (χ0v) is 16.1. The van der Waals surface area contributed by atoms with Crippen LogP contribution in [0.1, 0.15) is 29.0 Å². The first kappa shape index (κ1) is 17.7. The number of anilines is 1. The van der Waals surface area contributed by atoms with Crippen LogP contribution < -0.4 is 10.2 Å². The quantitative estimate of drug-likeness (QED) is 0.751. The highest BCUT2D eigenvalue weighted by Crippen LogP contribution is 2.22. The lowest BCUT2D eigenvalue weighted by Crippen LogP contribution is -2.48. The number of hydrogen-bond donors (Lipinski definition) is 1. The summed E-state index contributed by atoms with van der Waals surface area (Å²) in [5.74, 6) is 0.683. The number of hydrogen-bond acceptors (Lipinski definition) is 5. The molecule has 0 bridgehead atoms. The maximum Gasteiger partial charge on any atom is 0.272 e. The third-order valence-electron chi connectivity index (χ3n) is 4.92. The molecule has 1 aliphatic heterocycles. The predicted molar refractivity (Wildman–Crippen MR) is 105 cm³/mol. The summed E-state index contributed by atoms with van der Waals surface area (Å²) in [6.07, 6.45) is 3.68. The lowest BCUT2D eigenvalue weighted by Gasteiger charge is -2.33. The number of nitrogens with zero attached hydrogens (tertiary/aromatic N) is 5. The molecule has 1 N–H and O–H groups in total. The Balaban J connectivity index is 1.47.